The maximum absolute atomic E-state index is 11.2. The van der Waals surface area contributed by atoms with Crippen LogP contribution in [-0.2, 0) is 5.41 Å². The number of fused-ring (bicyclic) bond motifs is 1. The van der Waals surface area contributed by atoms with Crippen molar-refractivity contribution in [2.24, 2.45) is 5.41 Å². The smallest absolute Gasteiger partial charge is 0.0824 e. The van der Waals surface area contributed by atoms with Crippen LogP contribution in [0.15, 0.2) is 66.2 Å². The van der Waals surface area contributed by atoms with Crippen molar-refractivity contribution in [1.29, 1.82) is 0 Å². The first-order valence-electron chi connectivity index (χ1n) is 8.74. The molecule has 3 atom stereocenters. The Hall–Kier alpha value is -1.86. The van der Waals surface area contributed by atoms with Crippen molar-refractivity contribution in [3.8, 4) is 0 Å². The van der Waals surface area contributed by atoms with E-state index in [2.05, 4.69) is 74.5 Å². The fraction of sp³-hybridized carbons (Fsp3) is 0.364. The summed E-state index contributed by atoms with van der Waals surface area (Å²) in [6, 6.07) is 21.5. The Morgan fingerprint density at radius 3 is 2.13 bits per heavy atom. The zero-order valence-electron chi connectivity index (χ0n) is 13.9. The number of rotatable bonds is 4. The van der Waals surface area contributed by atoms with Gasteiger partial charge in [-0.15, -0.1) is 0 Å². The normalized spacial score (nSPS) is 32.0. The van der Waals surface area contributed by atoms with Crippen LogP contribution < -0.4 is 0 Å². The lowest BCUT2D eigenvalue weighted by Crippen LogP contribution is -2.24. The first-order valence-corrected chi connectivity index (χ1v) is 8.74. The predicted molar refractivity (Wildman–Crippen MR) is 95.1 cm³/mol. The van der Waals surface area contributed by atoms with E-state index in [1.165, 1.54) is 22.3 Å². The molecule has 4 rings (SSSR count). The van der Waals surface area contributed by atoms with Crippen molar-refractivity contribution in [3.05, 3.63) is 77.4 Å². The van der Waals surface area contributed by atoms with Crippen molar-refractivity contribution in [3.63, 3.8) is 0 Å². The predicted octanol–water partition coefficient (Wildman–Crippen LogP) is 4.96. The molecule has 1 saturated carbocycles. The maximum Gasteiger partial charge on any atom is 0.0824 e. The van der Waals surface area contributed by atoms with Crippen molar-refractivity contribution in [2.45, 2.75) is 44.6 Å². The van der Waals surface area contributed by atoms with E-state index < -0.39 is 0 Å². The molecule has 0 unspecified atom stereocenters. The lowest BCUT2D eigenvalue weighted by atomic mass is 9.80. The summed E-state index contributed by atoms with van der Waals surface area (Å²) in [6.45, 7) is 4.41. The molecule has 1 N–H and O–H groups in total. The molecule has 0 aliphatic heterocycles. The number of benzene rings is 2. The van der Waals surface area contributed by atoms with Gasteiger partial charge in [0.05, 0.1) is 6.10 Å². The van der Waals surface area contributed by atoms with E-state index in [0.717, 1.165) is 19.3 Å². The summed E-state index contributed by atoms with van der Waals surface area (Å²) < 4.78 is 0. The monoisotopic (exact) mass is 304 g/mol. The second kappa shape index (κ2) is 5.07. The van der Waals surface area contributed by atoms with Gasteiger partial charge in [-0.05, 0) is 41.5 Å². The molecule has 0 heterocycles. The third-order valence-electron chi connectivity index (χ3n) is 6.25. The average Bonchev–Trinajstić information content (AvgIpc) is 3.26. The zero-order valence-corrected chi connectivity index (χ0v) is 13.9. The minimum atomic E-state index is -0.312. The van der Waals surface area contributed by atoms with Crippen LogP contribution in [0.25, 0.3) is 5.57 Å². The van der Waals surface area contributed by atoms with Crippen LogP contribution in [0, 0.1) is 5.41 Å². The minimum absolute atomic E-state index is 0.00484. The third kappa shape index (κ3) is 1.72. The minimum Gasteiger partial charge on any atom is -0.388 e. The summed E-state index contributed by atoms with van der Waals surface area (Å²) in [7, 11) is 0. The highest BCUT2D eigenvalue weighted by Crippen LogP contribution is 2.79. The molecule has 0 bridgehead atoms. The summed E-state index contributed by atoms with van der Waals surface area (Å²) in [5.41, 5.74) is 5.26. The van der Waals surface area contributed by atoms with Gasteiger partial charge in [-0.2, -0.15) is 0 Å². The van der Waals surface area contributed by atoms with Crippen molar-refractivity contribution < 1.29 is 5.11 Å². The number of hydrogen-bond acceptors (Lipinski definition) is 1. The van der Waals surface area contributed by atoms with Crippen LogP contribution in [0.3, 0.4) is 0 Å². The average molecular weight is 304 g/mol. The molecule has 2 aromatic rings. The van der Waals surface area contributed by atoms with E-state index in [9.17, 15) is 5.11 Å². The SMILES string of the molecule is CCC1=C(c2ccccc2)[C@@]2(c3ccccc3)C[C@@]2(CC)[C@@H]1O. The van der Waals surface area contributed by atoms with Gasteiger partial charge in [0.15, 0.2) is 0 Å². The van der Waals surface area contributed by atoms with Gasteiger partial charge < -0.3 is 5.11 Å². The van der Waals surface area contributed by atoms with Crippen molar-refractivity contribution in [1.82, 2.24) is 0 Å². The fourth-order valence-electron chi connectivity index (χ4n) is 5.12. The Morgan fingerprint density at radius 1 is 0.957 bits per heavy atom. The molecule has 0 aromatic heterocycles. The van der Waals surface area contributed by atoms with Crippen LogP contribution in [0.1, 0.15) is 44.2 Å². The van der Waals surface area contributed by atoms with Crippen LogP contribution in [0.5, 0.6) is 0 Å². The lowest BCUT2D eigenvalue weighted by molar-refractivity contribution is 0.121. The van der Waals surface area contributed by atoms with E-state index in [4.69, 9.17) is 0 Å². The van der Waals surface area contributed by atoms with Crippen LogP contribution in [-0.4, -0.2) is 11.2 Å². The number of allylic oxidation sites excluding steroid dienone is 1. The molecule has 1 nitrogen and oxygen atoms in total. The Morgan fingerprint density at radius 2 is 1.57 bits per heavy atom. The van der Waals surface area contributed by atoms with E-state index in [-0.39, 0.29) is 16.9 Å². The van der Waals surface area contributed by atoms with Gasteiger partial charge in [0.1, 0.15) is 0 Å². The Balaban J connectivity index is 1.98. The van der Waals surface area contributed by atoms with Gasteiger partial charge in [-0.1, -0.05) is 74.5 Å². The first-order chi connectivity index (χ1) is 11.2. The zero-order chi connectivity index (χ0) is 16.1. The molecule has 23 heavy (non-hydrogen) atoms. The molecular formula is C22H24O. The van der Waals surface area contributed by atoms with Gasteiger partial charge >= 0.3 is 0 Å². The van der Waals surface area contributed by atoms with Gasteiger partial charge in [0.25, 0.3) is 0 Å². The standard InChI is InChI=1S/C22H24O/c1-3-18-19(16-11-7-5-8-12-16)22(17-13-9-6-10-14-17)15-21(22,4-2)20(18)23/h5-14,20,23H,3-4,15H2,1-2H3/t20-,21+,22+/m1/s1. The molecular weight excluding hydrogens is 280 g/mol. The summed E-state index contributed by atoms with van der Waals surface area (Å²) in [4.78, 5) is 0. The van der Waals surface area contributed by atoms with Gasteiger partial charge in [-0.25, -0.2) is 0 Å². The first kappa shape index (κ1) is 14.7. The third-order valence-corrected chi connectivity index (χ3v) is 6.25. The largest absolute Gasteiger partial charge is 0.388 e. The van der Waals surface area contributed by atoms with Gasteiger partial charge in [0.2, 0.25) is 0 Å². The molecule has 1 heteroatoms. The van der Waals surface area contributed by atoms with Crippen LogP contribution in [0.2, 0.25) is 0 Å². The lowest BCUT2D eigenvalue weighted by Gasteiger charge is -2.23. The highest BCUT2D eigenvalue weighted by atomic mass is 16.3. The summed E-state index contributed by atoms with van der Waals surface area (Å²) in [5, 5.41) is 11.2. The number of hydrogen-bond donors (Lipinski definition) is 1. The Kier molecular flexibility index (Phi) is 3.24. The van der Waals surface area contributed by atoms with Crippen LogP contribution >= 0.6 is 0 Å². The summed E-state index contributed by atoms with van der Waals surface area (Å²) >= 11 is 0. The number of aliphatic hydroxyl groups is 1. The molecule has 1 fully saturated rings. The van der Waals surface area contributed by atoms with E-state index in [1.807, 2.05) is 0 Å². The summed E-state index contributed by atoms with van der Waals surface area (Å²) in [6.07, 6.45) is 2.69. The highest BCUT2D eigenvalue weighted by Gasteiger charge is 2.76. The van der Waals surface area contributed by atoms with Gasteiger partial charge in [0, 0.05) is 10.8 Å². The fourth-order valence-corrected chi connectivity index (χ4v) is 5.12. The number of aliphatic hydroxyl groups excluding tert-OH is 1. The second-order valence-electron chi connectivity index (χ2n) is 6.98. The van der Waals surface area contributed by atoms with E-state index in [1.54, 1.807) is 0 Å². The Labute approximate surface area is 138 Å². The summed E-state index contributed by atoms with van der Waals surface area (Å²) in [5.74, 6) is 0. The van der Waals surface area contributed by atoms with E-state index >= 15 is 0 Å². The second-order valence-corrected chi connectivity index (χ2v) is 6.98. The molecule has 0 saturated heterocycles. The van der Waals surface area contributed by atoms with Crippen molar-refractivity contribution >= 4 is 5.57 Å². The highest BCUT2D eigenvalue weighted by molar-refractivity contribution is 5.87. The molecule has 2 aliphatic carbocycles. The molecule has 2 aliphatic rings. The van der Waals surface area contributed by atoms with Crippen LogP contribution in [0.4, 0.5) is 0 Å². The van der Waals surface area contributed by atoms with Gasteiger partial charge in [-0.3, -0.25) is 0 Å². The molecule has 0 amide bonds. The van der Waals surface area contributed by atoms with Crippen molar-refractivity contribution in [2.75, 3.05) is 0 Å². The molecule has 118 valence electrons. The molecule has 0 spiro atoms. The maximum atomic E-state index is 11.2. The Bertz CT molecular complexity index is 746. The molecule has 0 radical (unpaired) electrons. The topological polar surface area (TPSA) is 20.2 Å². The van der Waals surface area contributed by atoms with E-state index in [0.29, 0.717) is 0 Å². The molecule has 2 aromatic carbocycles. The quantitative estimate of drug-likeness (QED) is 0.846.